The van der Waals surface area contributed by atoms with E-state index >= 15 is 0 Å². The molecule has 0 aliphatic carbocycles. The molecule has 2 rings (SSSR count). The highest BCUT2D eigenvalue weighted by molar-refractivity contribution is 9.10. The molecule has 5 heteroatoms. The van der Waals surface area contributed by atoms with Gasteiger partial charge in [0.1, 0.15) is 5.75 Å². The van der Waals surface area contributed by atoms with Crippen molar-refractivity contribution in [3.8, 4) is 5.75 Å². The summed E-state index contributed by atoms with van der Waals surface area (Å²) in [6.07, 6.45) is 1.58. The van der Waals surface area contributed by atoms with Crippen molar-refractivity contribution in [1.29, 1.82) is 0 Å². The summed E-state index contributed by atoms with van der Waals surface area (Å²) in [5.74, 6) is 0.370. The normalized spacial score (nSPS) is 10.7. The lowest BCUT2D eigenvalue weighted by molar-refractivity contribution is -0.123. The van der Waals surface area contributed by atoms with Crippen molar-refractivity contribution in [2.24, 2.45) is 5.10 Å². The van der Waals surface area contributed by atoms with Crippen LogP contribution in [0, 0.1) is 13.8 Å². The third-order valence-corrected chi connectivity index (χ3v) is 3.87. The number of nitrogens with zero attached hydrogens (tertiary/aromatic N) is 1. The van der Waals surface area contributed by atoms with Crippen LogP contribution in [0.5, 0.6) is 5.75 Å². The van der Waals surface area contributed by atoms with Gasteiger partial charge in [-0.3, -0.25) is 4.79 Å². The zero-order valence-corrected chi connectivity index (χ0v) is 14.1. The van der Waals surface area contributed by atoms with Gasteiger partial charge in [0.25, 0.3) is 5.91 Å². The molecule has 2 aromatic rings. The Bertz CT molecular complexity index is 699. The van der Waals surface area contributed by atoms with Crippen molar-refractivity contribution < 1.29 is 9.53 Å². The van der Waals surface area contributed by atoms with Gasteiger partial charge in [-0.1, -0.05) is 40.2 Å². The van der Waals surface area contributed by atoms with Crippen molar-refractivity contribution in [1.82, 2.24) is 5.43 Å². The molecule has 0 saturated carbocycles. The Kier molecular flexibility index (Phi) is 5.72. The van der Waals surface area contributed by atoms with Crippen LogP contribution in [0.3, 0.4) is 0 Å². The third kappa shape index (κ3) is 4.70. The van der Waals surface area contributed by atoms with Crippen LogP contribution >= 0.6 is 15.9 Å². The number of hydrogen-bond donors (Lipinski definition) is 1. The second-order valence-corrected chi connectivity index (χ2v) is 5.70. The van der Waals surface area contributed by atoms with Crippen molar-refractivity contribution in [3.63, 3.8) is 0 Å². The Morgan fingerprint density at radius 2 is 2.00 bits per heavy atom. The smallest absolute Gasteiger partial charge is 0.277 e. The Labute approximate surface area is 138 Å². The van der Waals surface area contributed by atoms with Gasteiger partial charge >= 0.3 is 0 Å². The summed E-state index contributed by atoms with van der Waals surface area (Å²) in [7, 11) is 0. The molecule has 4 nitrogen and oxygen atoms in total. The van der Waals surface area contributed by atoms with Gasteiger partial charge in [-0.2, -0.15) is 5.10 Å². The van der Waals surface area contributed by atoms with Crippen molar-refractivity contribution in [2.45, 2.75) is 13.8 Å². The number of carbonyl (C=O) groups is 1. The maximum absolute atomic E-state index is 11.7. The molecule has 114 valence electrons. The minimum atomic E-state index is -0.304. The molecule has 0 unspecified atom stereocenters. The zero-order valence-electron chi connectivity index (χ0n) is 12.5. The first-order valence-corrected chi connectivity index (χ1v) is 7.62. The summed E-state index contributed by atoms with van der Waals surface area (Å²) in [5, 5.41) is 3.91. The fourth-order valence-corrected chi connectivity index (χ4v) is 2.13. The predicted molar refractivity (Wildman–Crippen MR) is 91.3 cm³/mol. The van der Waals surface area contributed by atoms with E-state index in [1.807, 2.05) is 56.3 Å². The van der Waals surface area contributed by atoms with Gasteiger partial charge in [-0.15, -0.1) is 0 Å². The maximum atomic E-state index is 11.7. The topological polar surface area (TPSA) is 50.7 Å². The van der Waals surface area contributed by atoms with Crippen molar-refractivity contribution in [3.05, 3.63) is 63.6 Å². The number of rotatable bonds is 5. The third-order valence-electron chi connectivity index (χ3n) is 3.15. The fraction of sp³-hybridized carbons (Fsp3) is 0.176. The SMILES string of the molecule is Cc1ccc(OCC(=O)NN=Cc2ccccc2Br)cc1C. The van der Waals surface area contributed by atoms with E-state index < -0.39 is 0 Å². The molecule has 0 atom stereocenters. The molecule has 0 aliphatic heterocycles. The van der Waals surface area contributed by atoms with Crippen LogP contribution in [0.15, 0.2) is 52.0 Å². The summed E-state index contributed by atoms with van der Waals surface area (Å²) >= 11 is 3.41. The summed E-state index contributed by atoms with van der Waals surface area (Å²) in [6, 6.07) is 13.3. The van der Waals surface area contributed by atoms with Gasteiger partial charge in [-0.05, 0) is 43.2 Å². The van der Waals surface area contributed by atoms with Crippen LogP contribution in [-0.2, 0) is 4.79 Å². The lowest BCUT2D eigenvalue weighted by Crippen LogP contribution is -2.24. The van der Waals surface area contributed by atoms with E-state index in [0.29, 0.717) is 5.75 Å². The monoisotopic (exact) mass is 360 g/mol. The van der Waals surface area contributed by atoms with Crippen molar-refractivity contribution >= 4 is 28.1 Å². The molecule has 0 aliphatic rings. The molecule has 0 spiro atoms. The average Bonchev–Trinajstić information content (AvgIpc) is 2.50. The quantitative estimate of drug-likeness (QED) is 0.654. The first kappa shape index (κ1) is 16.2. The Morgan fingerprint density at radius 3 is 2.73 bits per heavy atom. The lowest BCUT2D eigenvalue weighted by atomic mass is 10.1. The van der Waals surface area contributed by atoms with Gasteiger partial charge in [0.15, 0.2) is 6.61 Å². The van der Waals surface area contributed by atoms with E-state index in [-0.39, 0.29) is 12.5 Å². The summed E-state index contributed by atoms with van der Waals surface area (Å²) in [5.41, 5.74) is 5.65. The molecule has 0 saturated heterocycles. The number of hydrazone groups is 1. The highest BCUT2D eigenvalue weighted by Crippen LogP contribution is 2.16. The molecule has 22 heavy (non-hydrogen) atoms. The molecule has 2 aromatic carbocycles. The van der Waals surface area contributed by atoms with Crippen LogP contribution in [0.4, 0.5) is 0 Å². The van der Waals surface area contributed by atoms with E-state index in [1.165, 1.54) is 5.56 Å². The molecule has 0 aromatic heterocycles. The summed E-state index contributed by atoms with van der Waals surface area (Å²) in [4.78, 5) is 11.7. The molecule has 0 heterocycles. The second kappa shape index (κ2) is 7.75. The summed E-state index contributed by atoms with van der Waals surface area (Å²) < 4.78 is 6.35. The zero-order chi connectivity index (χ0) is 15.9. The van der Waals surface area contributed by atoms with Crippen LogP contribution < -0.4 is 10.2 Å². The van der Waals surface area contributed by atoms with Gasteiger partial charge in [0.05, 0.1) is 6.21 Å². The van der Waals surface area contributed by atoms with Crippen LogP contribution in [0.1, 0.15) is 16.7 Å². The lowest BCUT2D eigenvalue weighted by Gasteiger charge is -2.07. The van der Waals surface area contributed by atoms with Crippen LogP contribution in [0.25, 0.3) is 0 Å². The standard InChI is InChI=1S/C17H17BrN2O2/c1-12-7-8-15(9-13(12)2)22-11-17(21)20-19-10-14-5-3-4-6-16(14)18/h3-10H,11H2,1-2H3,(H,20,21). The molecule has 0 bridgehead atoms. The molecular formula is C17H17BrN2O2. The van der Waals surface area contributed by atoms with Crippen LogP contribution in [0.2, 0.25) is 0 Å². The number of amides is 1. The number of ether oxygens (including phenoxy) is 1. The molecule has 0 fully saturated rings. The first-order valence-electron chi connectivity index (χ1n) is 6.83. The van der Waals surface area contributed by atoms with Gasteiger partial charge in [-0.25, -0.2) is 5.43 Å². The molecule has 1 amide bonds. The van der Waals surface area contributed by atoms with E-state index in [1.54, 1.807) is 6.21 Å². The minimum Gasteiger partial charge on any atom is -0.484 e. The maximum Gasteiger partial charge on any atom is 0.277 e. The second-order valence-electron chi connectivity index (χ2n) is 4.85. The largest absolute Gasteiger partial charge is 0.484 e. The number of hydrogen-bond acceptors (Lipinski definition) is 3. The Balaban J connectivity index is 1.83. The van der Waals surface area contributed by atoms with Crippen LogP contribution in [-0.4, -0.2) is 18.7 Å². The highest BCUT2D eigenvalue weighted by atomic mass is 79.9. The van der Waals surface area contributed by atoms with E-state index in [0.717, 1.165) is 15.6 Å². The number of carbonyl (C=O) groups excluding carboxylic acids is 1. The Hall–Kier alpha value is -2.14. The van der Waals surface area contributed by atoms with Gasteiger partial charge in [0.2, 0.25) is 0 Å². The molecule has 0 radical (unpaired) electrons. The fourth-order valence-electron chi connectivity index (χ4n) is 1.74. The summed E-state index contributed by atoms with van der Waals surface area (Å²) in [6.45, 7) is 3.96. The first-order chi connectivity index (χ1) is 10.6. The van der Waals surface area contributed by atoms with Gasteiger partial charge < -0.3 is 4.74 Å². The number of halogens is 1. The van der Waals surface area contributed by atoms with Crippen molar-refractivity contribution in [2.75, 3.05) is 6.61 Å². The van der Waals surface area contributed by atoms with E-state index in [2.05, 4.69) is 26.5 Å². The Morgan fingerprint density at radius 1 is 1.23 bits per heavy atom. The van der Waals surface area contributed by atoms with E-state index in [9.17, 15) is 4.79 Å². The van der Waals surface area contributed by atoms with Gasteiger partial charge in [0, 0.05) is 10.0 Å². The predicted octanol–water partition coefficient (Wildman–Crippen LogP) is 3.60. The highest BCUT2D eigenvalue weighted by Gasteiger charge is 2.02. The number of benzene rings is 2. The molecular weight excluding hydrogens is 344 g/mol. The average molecular weight is 361 g/mol. The number of nitrogens with one attached hydrogen (secondary N) is 1. The number of aryl methyl sites for hydroxylation is 2. The minimum absolute atomic E-state index is 0.0736. The van der Waals surface area contributed by atoms with E-state index in [4.69, 9.17) is 4.74 Å². The molecule has 1 N–H and O–H groups in total.